The molecule has 0 saturated heterocycles. The van der Waals surface area contributed by atoms with E-state index in [1.165, 1.54) is 11.8 Å². The van der Waals surface area contributed by atoms with Crippen LogP contribution in [0.1, 0.15) is 5.82 Å². The number of rotatable bonds is 4. The number of nitrogens with zero attached hydrogens (tertiary/aromatic N) is 3. The van der Waals surface area contributed by atoms with Gasteiger partial charge in [0.25, 0.3) is 0 Å². The van der Waals surface area contributed by atoms with Gasteiger partial charge in [-0.15, -0.1) is 0 Å². The Bertz CT molecular complexity index is 552. The number of hydrogen-bond acceptors (Lipinski definition) is 6. The highest BCUT2D eigenvalue weighted by Crippen LogP contribution is 2.30. The van der Waals surface area contributed by atoms with Gasteiger partial charge in [0.15, 0.2) is 5.82 Å². The van der Waals surface area contributed by atoms with Crippen molar-refractivity contribution in [2.45, 2.75) is 16.7 Å². The highest BCUT2D eigenvalue weighted by molar-refractivity contribution is 9.10. The van der Waals surface area contributed by atoms with Gasteiger partial charge in [-0.3, -0.25) is 0 Å². The summed E-state index contributed by atoms with van der Waals surface area (Å²) in [5, 5.41) is 1.58. The SMILES string of the molecule is COCc1nc(N)cc(Sc2ncccc2Br)n1. The molecule has 94 valence electrons. The number of methoxy groups -OCH3 is 1. The zero-order valence-electron chi connectivity index (χ0n) is 9.63. The average Bonchev–Trinajstić information content (AvgIpc) is 2.32. The molecule has 0 atom stereocenters. The molecule has 0 aliphatic heterocycles. The van der Waals surface area contributed by atoms with E-state index in [1.54, 1.807) is 19.4 Å². The van der Waals surface area contributed by atoms with Gasteiger partial charge < -0.3 is 10.5 Å². The number of halogens is 1. The number of ether oxygens (including phenoxy) is 1. The minimum absolute atomic E-state index is 0.335. The van der Waals surface area contributed by atoms with Gasteiger partial charge in [0, 0.05) is 19.4 Å². The fourth-order valence-corrected chi connectivity index (χ4v) is 2.59. The molecule has 0 aromatic carbocycles. The Kier molecular flexibility index (Phi) is 4.51. The first kappa shape index (κ1) is 13.3. The van der Waals surface area contributed by atoms with Crippen molar-refractivity contribution in [2.24, 2.45) is 0 Å². The van der Waals surface area contributed by atoms with Gasteiger partial charge in [0.2, 0.25) is 0 Å². The molecule has 0 aliphatic carbocycles. The molecule has 0 aliphatic rings. The molecule has 7 heteroatoms. The first-order chi connectivity index (χ1) is 8.69. The van der Waals surface area contributed by atoms with Crippen LogP contribution in [0, 0.1) is 0 Å². The van der Waals surface area contributed by atoms with Gasteiger partial charge in [-0.2, -0.15) is 0 Å². The van der Waals surface area contributed by atoms with E-state index in [4.69, 9.17) is 10.5 Å². The van der Waals surface area contributed by atoms with E-state index >= 15 is 0 Å². The Balaban J connectivity index is 2.26. The highest BCUT2D eigenvalue weighted by atomic mass is 79.9. The summed E-state index contributed by atoms with van der Waals surface area (Å²) in [6, 6.07) is 5.50. The quantitative estimate of drug-likeness (QED) is 0.870. The summed E-state index contributed by atoms with van der Waals surface area (Å²) in [5.74, 6) is 0.985. The van der Waals surface area contributed by atoms with Crippen molar-refractivity contribution in [3.05, 3.63) is 34.7 Å². The molecule has 5 nitrogen and oxygen atoms in total. The maximum Gasteiger partial charge on any atom is 0.157 e. The number of anilines is 1. The lowest BCUT2D eigenvalue weighted by Crippen LogP contribution is -2.01. The van der Waals surface area contributed by atoms with Crippen LogP contribution in [0.15, 0.2) is 38.9 Å². The van der Waals surface area contributed by atoms with Gasteiger partial charge >= 0.3 is 0 Å². The first-order valence-electron chi connectivity index (χ1n) is 5.10. The van der Waals surface area contributed by atoms with Crippen LogP contribution in [-0.2, 0) is 11.3 Å². The second-order valence-electron chi connectivity index (χ2n) is 3.37. The summed E-state index contributed by atoms with van der Waals surface area (Å²) < 4.78 is 5.91. The molecule has 0 saturated carbocycles. The smallest absolute Gasteiger partial charge is 0.157 e. The van der Waals surface area contributed by atoms with Crippen molar-refractivity contribution >= 4 is 33.5 Å². The van der Waals surface area contributed by atoms with E-state index in [9.17, 15) is 0 Å². The number of hydrogen-bond donors (Lipinski definition) is 1. The number of nitrogen functional groups attached to an aromatic ring is 1. The third-order valence-corrected chi connectivity index (χ3v) is 3.81. The normalized spacial score (nSPS) is 10.6. The second-order valence-corrected chi connectivity index (χ2v) is 5.24. The van der Waals surface area contributed by atoms with Crippen LogP contribution in [0.3, 0.4) is 0 Å². The monoisotopic (exact) mass is 326 g/mol. The number of nitrogens with two attached hydrogens (primary N) is 1. The van der Waals surface area contributed by atoms with Gasteiger partial charge in [0.1, 0.15) is 22.5 Å². The van der Waals surface area contributed by atoms with Gasteiger partial charge in [-0.05, 0) is 39.8 Å². The molecule has 18 heavy (non-hydrogen) atoms. The topological polar surface area (TPSA) is 73.9 Å². The molecule has 0 bridgehead atoms. The minimum atomic E-state index is 0.335. The van der Waals surface area contributed by atoms with E-state index in [2.05, 4.69) is 30.9 Å². The molecule has 2 rings (SSSR count). The van der Waals surface area contributed by atoms with E-state index < -0.39 is 0 Å². The van der Waals surface area contributed by atoms with Crippen LogP contribution in [-0.4, -0.2) is 22.1 Å². The second kappa shape index (κ2) is 6.12. The van der Waals surface area contributed by atoms with E-state index in [1.807, 2.05) is 12.1 Å². The predicted octanol–water partition coefficient (Wildman–Crippen LogP) is 2.51. The summed E-state index contributed by atoms with van der Waals surface area (Å²) >= 11 is 4.86. The summed E-state index contributed by atoms with van der Waals surface area (Å²) in [4.78, 5) is 12.7. The van der Waals surface area contributed by atoms with Gasteiger partial charge in [0.05, 0.1) is 4.47 Å². The number of aromatic nitrogens is 3. The molecule has 0 unspecified atom stereocenters. The Labute approximate surface area is 117 Å². The molecule has 2 aromatic rings. The fraction of sp³-hybridized carbons (Fsp3) is 0.182. The molecule has 2 aromatic heterocycles. The molecular formula is C11H11BrN4OS. The molecule has 0 radical (unpaired) electrons. The zero-order valence-corrected chi connectivity index (χ0v) is 12.0. The van der Waals surface area contributed by atoms with Crippen LogP contribution in [0.2, 0.25) is 0 Å². The lowest BCUT2D eigenvalue weighted by molar-refractivity contribution is 0.177. The molecular weight excluding hydrogens is 316 g/mol. The number of pyridine rings is 1. The van der Waals surface area contributed by atoms with E-state index in [0.717, 1.165) is 14.5 Å². The van der Waals surface area contributed by atoms with Crippen molar-refractivity contribution < 1.29 is 4.74 Å². The van der Waals surface area contributed by atoms with Crippen LogP contribution in [0.4, 0.5) is 5.82 Å². The maximum atomic E-state index is 5.73. The Morgan fingerprint density at radius 2 is 2.28 bits per heavy atom. The Hall–Kier alpha value is -1.18. The predicted molar refractivity (Wildman–Crippen MR) is 73.2 cm³/mol. The van der Waals surface area contributed by atoms with Crippen LogP contribution >= 0.6 is 27.7 Å². The zero-order chi connectivity index (χ0) is 13.0. The third-order valence-electron chi connectivity index (χ3n) is 1.97. The first-order valence-corrected chi connectivity index (χ1v) is 6.70. The lowest BCUT2D eigenvalue weighted by Gasteiger charge is -2.05. The molecule has 0 fully saturated rings. The maximum absolute atomic E-state index is 5.73. The summed E-state index contributed by atoms with van der Waals surface area (Å²) in [7, 11) is 1.59. The van der Waals surface area contributed by atoms with Crippen molar-refractivity contribution in [3.63, 3.8) is 0 Å². The molecule has 0 amide bonds. The van der Waals surface area contributed by atoms with Crippen LogP contribution < -0.4 is 5.73 Å². The average molecular weight is 327 g/mol. The van der Waals surface area contributed by atoms with Crippen molar-refractivity contribution in [1.29, 1.82) is 0 Å². The third kappa shape index (κ3) is 3.41. The van der Waals surface area contributed by atoms with Crippen LogP contribution in [0.25, 0.3) is 0 Å². The molecule has 2 heterocycles. The summed E-state index contributed by atoms with van der Waals surface area (Å²) in [6.07, 6.45) is 1.73. The Morgan fingerprint density at radius 3 is 3.00 bits per heavy atom. The van der Waals surface area contributed by atoms with Crippen molar-refractivity contribution in [1.82, 2.24) is 15.0 Å². The highest BCUT2D eigenvalue weighted by Gasteiger charge is 2.07. The fourth-order valence-electron chi connectivity index (χ4n) is 1.28. The Morgan fingerprint density at radius 1 is 1.44 bits per heavy atom. The van der Waals surface area contributed by atoms with Crippen LogP contribution in [0.5, 0.6) is 0 Å². The standard InChI is InChI=1S/C11H11BrN4OS/c1-17-6-9-15-8(13)5-10(16-9)18-11-7(12)3-2-4-14-11/h2-5H,6H2,1H3,(H2,13,15,16). The van der Waals surface area contributed by atoms with E-state index in [0.29, 0.717) is 18.2 Å². The lowest BCUT2D eigenvalue weighted by atomic mass is 10.5. The van der Waals surface area contributed by atoms with Gasteiger partial charge in [-0.1, -0.05) is 0 Å². The van der Waals surface area contributed by atoms with Gasteiger partial charge in [-0.25, -0.2) is 15.0 Å². The van der Waals surface area contributed by atoms with E-state index in [-0.39, 0.29) is 0 Å². The largest absolute Gasteiger partial charge is 0.384 e. The summed E-state index contributed by atoms with van der Waals surface area (Å²) in [5.41, 5.74) is 5.73. The minimum Gasteiger partial charge on any atom is -0.384 e. The van der Waals surface area contributed by atoms with Crippen molar-refractivity contribution in [2.75, 3.05) is 12.8 Å². The van der Waals surface area contributed by atoms with Crippen molar-refractivity contribution in [3.8, 4) is 0 Å². The summed E-state index contributed by atoms with van der Waals surface area (Å²) in [6.45, 7) is 0.335. The molecule has 0 spiro atoms. The molecule has 2 N–H and O–H groups in total.